The molecule has 0 heterocycles. The Hall–Kier alpha value is -0.160. The molecular formula is C6H15NO3. The number of aliphatic hydroxyl groups excluding tert-OH is 1. The summed E-state index contributed by atoms with van der Waals surface area (Å²) in [5.74, 6) is 0. The first-order chi connectivity index (χ1) is 4.81. The molecule has 4 heteroatoms. The van der Waals surface area contributed by atoms with E-state index in [1.54, 1.807) is 0 Å². The molecule has 1 unspecified atom stereocenters. The van der Waals surface area contributed by atoms with Crippen LogP contribution in [0.4, 0.5) is 0 Å². The van der Waals surface area contributed by atoms with Crippen LogP contribution in [0.2, 0.25) is 0 Å². The third kappa shape index (κ3) is 5.97. The molecule has 0 aliphatic carbocycles. The van der Waals surface area contributed by atoms with Gasteiger partial charge in [0, 0.05) is 6.61 Å². The Morgan fingerprint density at radius 2 is 2.30 bits per heavy atom. The smallest absolute Gasteiger partial charge is 0.129 e. The molecule has 0 spiro atoms. The Bertz CT molecular complexity index is 70.0. The van der Waals surface area contributed by atoms with Gasteiger partial charge in [0.25, 0.3) is 0 Å². The lowest BCUT2D eigenvalue weighted by atomic mass is 10.6. The molecule has 0 aromatic carbocycles. The van der Waals surface area contributed by atoms with Gasteiger partial charge < -0.3 is 20.3 Å². The summed E-state index contributed by atoms with van der Waals surface area (Å²) < 4.78 is 9.86. The minimum atomic E-state index is -0.364. The van der Waals surface area contributed by atoms with Gasteiger partial charge in [-0.3, -0.25) is 0 Å². The van der Waals surface area contributed by atoms with Gasteiger partial charge in [0.15, 0.2) is 0 Å². The molecule has 0 rings (SSSR count). The fraction of sp³-hybridized carbons (Fsp3) is 1.00. The number of ether oxygens (including phenoxy) is 2. The molecule has 0 radical (unpaired) electrons. The van der Waals surface area contributed by atoms with Crippen LogP contribution in [-0.2, 0) is 9.47 Å². The third-order valence-corrected chi connectivity index (χ3v) is 0.898. The second-order valence-corrected chi connectivity index (χ2v) is 1.79. The summed E-state index contributed by atoms with van der Waals surface area (Å²) in [7, 11) is 0. The van der Waals surface area contributed by atoms with Gasteiger partial charge in [-0.2, -0.15) is 0 Å². The molecule has 0 amide bonds. The molecule has 4 nitrogen and oxygen atoms in total. The van der Waals surface area contributed by atoms with Gasteiger partial charge in [-0.1, -0.05) is 0 Å². The Kier molecular flexibility index (Phi) is 6.84. The molecule has 0 fully saturated rings. The summed E-state index contributed by atoms with van der Waals surface area (Å²) in [5, 5.41) is 8.30. The second kappa shape index (κ2) is 6.95. The summed E-state index contributed by atoms with van der Waals surface area (Å²) in [6.45, 7) is 3.14. The van der Waals surface area contributed by atoms with Crippen LogP contribution in [0, 0.1) is 0 Å². The third-order valence-electron chi connectivity index (χ3n) is 0.898. The van der Waals surface area contributed by atoms with E-state index in [-0.39, 0.29) is 12.8 Å². The van der Waals surface area contributed by atoms with Gasteiger partial charge in [0.05, 0.1) is 19.8 Å². The SMILES string of the molecule is CCOC(N)COCCO. The average molecular weight is 149 g/mol. The average Bonchev–Trinajstić information content (AvgIpc) is 1.89. The standard InChI is InChI=1S/C6H15NO3/c1-2-10-6(7)5-9-4-3-8/h6,8H,2-5,7H2,1H3. The zero-order valence-electron chi connectivity index (χ0n) is 6.25. The van der Waals surface area contributed by atoms with Crippen molar-refractivity contribution in [1.29, 1.82) is 0 Å². The van der Waals surface area contributed by atoms with Gasteiger partial charge in [-0.15, -0.1) is 0 Å². The number of hydrogen-bond donors (Lipinski definition) is 2. The molecule has 10 heavy (non-hydrogen) atoms. The largest absolute Gasteiger partial charge is 0.394 e. The van der Waals surface area contributed by atoms with E-state index in [0.717, 1.165) is 0 Å². The first-order valence-corrected chi connectivity index (χ1v) is 3.37. The predicted molar refractivity (Wildman–Crippen MR) is 37.5 cm³/mol. The highest BCUT2D eigenvalue weighted by Gasteiger charge is 1.98. The van der Waals surface area contributed by atoms with E-state index >= 15 is 0 Å². The molecule has 0 aromatic rings. The van der Waals surface area contributed by atoms with Gasteiger partial charge in [-0.25, -0.2) is 0 Å². The fourth-order valence-corrected chi connectivity index (χ4v) is 0.526. The van der Waals surface area contributed by atoms with E-state index in [9.17, 15) is 0 Å². The minimum Gasteiger partial charge on any atom is -0.394 e. The van der Waals surface area contributed by atoms with Crippen molar-refractivity contribution < 1.29 is 14.6 Å². The van der Waals surface area contributed by atoms with Crippen LogP contribution in [-0.4, -0.2) is 37.8 Å². The molecule has 0 bridgehead atoms. The number of nitrogens with two attached hydrogens (primary N) is 1. The molecule has 0 saturated heterocycles. The van der Waals surface area contributed by atoms with Crippen LogP contribution in [0.3, 0.4) is 0 Å². The number of rotatable bonds is 6. The van der Waals surface area contributed by atoms with Crippen molar-refractivity contribution in [2.24, 2.45) is 5.73 Å². The van der Waals surface area contributed by atoms with Crippen molar-refractivity contribution in [2.45, 2.75) is 13.2 Å². The van der Waals surface area contributed by atoms with E-state index in [1.165, 1.54) is 0 Å². The highest BCUT2D eigenvalue weighted by Crippen LogP contribution is 1.83. The summed E-state index contributed by atoms with van der Waals surface area (Å²) >= 11 is 0. The fourth-order valence-electron chi connectivity index (χ4n) is 0.526. The monoisotopic (exact) mass is 149 g/mol. The highest BCUT2D eigenvalue weighted by atomic mass is 16.5. The van der Waals surface area contributed by atoms with Crippen LogP contribution in [0.15, 0.2) is 0 Å². The van der Waals surface area contributed by atoms with Gasteiger partial charge >= 0.3 is 0 Å². The Labute approximate surface area is 60.9 Å². The van der Waals surface area contributed by atoms with E-state index in [4.69, 9.17) is 20.3 Å². The Balaban J connectivity index is 2.97. The van der Waals surface area contributed by atoms with Crippen LogP contribution in [0.1, 0.15) is 6.92 Å². The van der Waals surface area contributed by atoms with Crippen LogP contribution < -0.4 is 5.73 Å². The molecule has 0 aliphatic rings. The van der Waals surface area contributed by atoms with Crippen LogP contribution in [0.25, 0.3) is 0 Å². The minimum absolute atomic E-state index is 0.0266. The van der Waals surface area contributed by atoms with Crippen molar-refractivity contribution in [2.75, 3.05) is 26.4 Å². The summed E-state index contributed by atoms with van der Waals surface area (Å²) in [6.07, 6.45) is -0.364. The van der Waals surface area contributed by atoms with Gasteiger partial charge in [-0.05, 0) is 6.92 Å². The highest BCUT2D eigenvalue weighted by molar-refractivity contribution is 4.42. The molecular weight excluding hydrogens is 134 g/mol. The van der Waals surface area contributed by atoms with E-state index < -0.39 is 0 Å². The maximum absolute atomic E-state index is 8.30. The molecule has 0 saturated carbocycles. The van der Waals surface area contributed by atoms with E-state index in [1.807, 2.05) is 6.92 Å². The molecule has 0 aromatic heterocycles. The maximum atomic E-state index is 8.30. The first kappa shape index (κ1) is 9.84. The van der Waals surface area contributed by atoms with Crippen molar-refractivity contribution >= 4 is 0 Å². The Morgan fingerprint density at radius 3 is 2.80 bits per heavy atom. The Morgan fingerprint density at radius 1 is 1.60 bits per heavy atom. The maximum Gasteiger partial charge on any atom is 0.129 e. The number of aliphatic hydroxyl groups is 1. The molecule has 62 valence electrons. The molecule has 1 atom stereocenters. The molecule has 0 aliphatic heterocycles. The normalized spacial score (nSPS) is 13.5. The quantitative estimate of drug-likeness (QED) is 0.388. The summed E-state index contributed by atoms with van der Waals surface area (Å²) in [5.41, 5.74) is 5.40. The van der Waals surface area contributed by atoms with Crippen LogP contribution in [0.5, 0.6) is 0 Å². The van der Waals surface area contributed by atoms with Crippen LogP contribution >= 0.6 is 0 Å². The summed E-state index contributed by atoms with van der Waals surface area (Å²) in [6, 6.07) is 0. The topological polar surface area (TPSA) is 64.7 Å². The zero-order valence-corrected chi connectivity index (χ0v) is 6.25. The van der Waals surface area contributed by atoms with Crippen molar-refractivity contribution in [3.05, 3.63) is 0 Å². The second-order valence-electron chi connectivity index (χ2n) is 1.79. The van der Waals surface area contributed by atoms with Gasteiger partial charge in [0.2, 0.25) is 0 Å². The molecule has 3 N–H and O–H groups in total. The van der Waals surface area contributed by atoms with Gasteiger partial charge in [0.1, 0.15) is 6.23 Å². The zero-order chi connectivity index (χ0) is 7.82. The van der Waals surface area contributed by atoms with Crippen molar-refractivity contribution in [1.82, 2.24) is 0 Å². The van der Waals surface area contributed by atoms with Crippen molar-refractivity contribution in [3.63, 3.8) is 0 Å². The number of hydrogen-bond acceptors (Lipinski definition) is 4. The van der Waals surface area contributed by atoms with Crippen molar-refractivity contribution in [3.8, 4) is 0 Å². The lowest BCUT2D eigenvalue weighted by Gasteiger charge is -2.10. The van der Waals surface area contributed by atoms with E-state index in [0.29, 0.717) is 19.8 Å². The van der Waals surface area contributed by atoms with E-state index in [2.05, 4.69) is 0 Å². The predicted octanol–water partition coefficient (Wildman–Crippen LogP) is -0.683. The lowest BCUT2D eigenvalue weighted by molar-refractivity contribution is -0.0159. The summed E-state index contributed by atoms with van der Waals surface area (Å²) in [4.78, 5) is 0. The first-order valence-electron chi connectivity index (χ1n) is 3.37. The lowest BCUT2D eigenvalue weighted by Crippen LogP contribution is -2.29.